The molecule has 6 aromatic rings. The van der Waals surface area contributed by atoms with Gasteiger partial charge in [0.15, 0.2) is 0 Å². The Morgan fingerprint density at radius 2 is 0.864 bits per heavy atom. The molecule has 0 saturated carbocycles. The predicted molar refractivity (Wildman–Crippen MR) is 503 cm³/mol. The molecule has 16 N–H and O–H groups in total. The highest BCUT2D eigenvalue weighted by atomic mass is 33.1. The molecule has 720 valence electrons. The number of unbranched alkanes of at least 4 members (excludes halogenated alkanes) is 1. The number of ether oxygens (including phenoxy) is 3. The lowest BCUT2D eigenvalue weighted by Gasteiger charge is -2.34. The number of aliphatic hydroxyl groups excluding tert-OH is 3. The first-order valence-corrected chi connectivity index (χ1v) is 47.4. The topological polar surface area (TPSA) is 485 Å². The smallest absolute Gasteiger partial charge is 0.320 e. The number of aliphatic hydroxyl groups is 3. The number of aromatic amines is 1. The molecular weight excluding hydrogens is 1730 g/mol. The maximum Gasteiger partial charge on any atom is 0.320 e. The number of amides is 10. The van der Waals surface area contributed by atoms with Gasteiger partial charge < -0.3 is 93.4 Å². The van der Waals surface area contributed by atoms with Crippen LogP contribution in [-0.2, 0) is 109 Å². The maximum absolute atomic E-state index is 15.8. The summed E-state index contributed by atoms with van der Waals surface area (Å²) in [5.41, 5.74) is 7.04. The molecular formula is C95H134N16O19S2. The average Bonchev–Trinajstić information content (AvgIpc) is 1.65. The summed E-state index contributed by atoms with van der Waals surface area (Å²) in [5, 5.41) is 60.6. The molecule has 10 amide bonds. The van der Waals surface area contributed by atoms with E-state index in [1.165, 1.54) is 13.8 Å². The Bertz CT molecular complexity index is 4700. The number of hydrogen-bond donors (Lipinski definition) is 15. The van der Waals surface area contributed by atoms with Gasteiger partial charge in [-0.1, -0.05) is 161 Å². The number of hydrogen-bond acceptors (Lipinski definition) is 26. The van der Waals surface area contributed by atoms with Crippen LogP contribution in [0.4, 0.5) is 0 Å². The van der Waals surface area contributed by atoms with Crippen LogP contribution in [0.25, 0.3) is 10.9 Å². The van der Waals surface area contributed by atoms with Crippen molar-refractivity contribution in [3.8, 4) is 0 Å². The maximum atomic E-state index is 15.8. The van der Waals surface area contributed by atoms with E-state index in [1.54, 1.807) is 196 Å². The lowest BCUT2D eigenvalue weighted by Crippen LogP contribution is -2.62. The minimum Gasteiger partial charge on any atom is -0.459 e. The van der Waals surface area contributed by atoms with Crippen LogP contribution in [0.3, 0.4) is 0 Å². The van der Waals surface area contributed by atoms with Crippen molar-refractivity contribution in [1.82, 2.24) is 77.8 Å². The van der Waals surface area contributed by atoms with Crippen LogP contribution in [0.15, 0.2) is 152 Å². The molecule has 3 heterocycles. The van der Waals surface area contributed by atoms with Crippen molar-refractivity contribution < 1.29 is 91.9 Å². The number of nitrogens with zero attached hydrogens (tertiary/aromatic N) is 4. The van der Waals surface area contributed by atoms with Gasteiger partial charge >= 0.3 is 17.9 Å². The van der Waals surface area contributed by atoms with Crippen LogP contribution >= 0.6 is 21.6 Å². The number of esters is 3. The Hall–Kier alpha value is -10.9. The number of carbonyl (C=O) groups excluding carboxylic acids is 13. The first-order valence-electron chi connectivity index (χ1n) is 44.9. The molecule has 1 aromatic heterocycles. The highest BCUT2D eigenvalue weighted by Crippen LogP contribution is 2.26. The molecule has 8 rings (SSSR count). The molecule has 132 heavy (non-hydrogen) atoms. The Kier molecular flexibility index (Phi) is 42.4. The van der Waals surface area contributed by atoms with Crippen molar-refractivity contribution in [3.05, 3.63) is 180 Å². The number of nitrogens with one attached hydrogen (secondary N) is 11. The molecule has 0 bridgehead atoms. The van der Waals surface area contributed by atoms with Crippen molar-refractivity contribution in [1.29, 1.82) is 0 Å². The number of aromatic nitrogens is 1. The van der Waals surface area contributed by atoms with Crippen molar-refractivity contribution >= 4 is 109 Å². The lowest BCUT2D eigenvalue weighted by molar-refractivity contribution is -0.158. The van der Waals surface area contributed by atoms with Gasteiger partial charge in [0.2, 0.25) is 59.1 Å². The fourth-order valence-electron chi connectivity index (χ4n) is 14.8. The number of fused-ring (bicyclic) bond motifs is 1. The number of H-pyrrole nitrogens is 1. The Morgan fingerprint density at radius 3 is 1.31 bits per heavy atom. The number of benzene rings is 5. The normalized spacial score (nSPS) is 20.2. The molecule has 3 unspecified atom stereocenters. The second kappa shape index (κ2) is 52.5. The van der Waals surface area contributed by atoms with Gasteiger partial charge in [0.05, 0.1) is 51.0 Å². The fourth-order valence-corrected chi connectivity index (χ4v) is 17.1. The summed E-state index contributed by atoms with van der Waals surface area (Å²) in [5.74, 6) is -11.1. The third-order valence-electron chi connectivity index (χ3n) is 21.6. The molecule has 0 aliphatic carbocycles. The van der Waals surface area contributed by atoms with E-state index < -0.39 is 173 Å². The Morgan fingerprint density at radius 1 is 0.462 bits per heavy atom. The summed E-state index contributed by atoms with van der Waals surface area (Å²) in [6.45, 7) is 19.1. The van der Waals surface area contributed by atoms with Crippen LogP contribution in [0.2, 0.25) is 0 Å². The van der Waals surface area contributed by atoms with Gasteiger partial charge in [0.1, 0.15) is 71.2 Å². The van der Waals surface area contributed by atoms with Gasteiger partial charge in [0, 0.05) is 113 Å². The second-order valence-electron chi connectivity index (χ2n) is 36.4. The van der Waals surface area contributed by atoms with E-state index in [9.17, 15) is 44.1 Å². The molecule has 37 heteroatoms. The van der Waals surface area contributed by atoms with Crippen LogP contribution in [0.1, 0.15) is 123 Å². The number of rotatable bonds is 34. The van der Waals surface area contributed by atoms with Crippen LogP contribution < -0.4 is 58.9 Å². The molecule has 0 radical (unpaired) electrons. The van der Waals surface area contributed by atoms with E-state index in [1.807, 2.05) is 37.8 Å². The largest absolute Gasteiger partial charge is 0.459 e. The number of carbonyl (C=O) groups is 13. The van der Waals surface area contributed by atoms with Gasteiger partial charge in [-0.3, -0.25) is 81.9 Å². The summed E-state index contributed by atoms with van der Waals surface area (Å²) >= 11 is 0. The third kappa shape index (κ3) is 37.7. The van der Waals surface area contributed by atoms with Crippen LogP contribution in [0, 0.1) is 0 Å². The monoisotopic (exact) mass is 1870 g/mol. The first kappa shape index (κ1) is 106. The van der Waals surface area contributed by atoms with Crippen LogP contribution in [0.5, 0.6) is 0 Å². The zero-order valence-electron chi connectivity index (χ0n) is 77.4. The van der Waals surface area contributed by atoms with Crippen LogP contribution in [-0.4, -0.2) is 310 Å². The molecule has 5 aromatic carbocycles. The van der Waals surface area contributed by atoms with Gasteiger partial charge in [-0.05, 0) is 136 Å². The Labute approximate surface area is 780 Å². The van der Waals surface area contributed by atoms with E-state index in [0.717, 1.165) is 21.6 Å². The van der Waals surface area contributed by atoms with Crippen molar-refractivity contribution in [2.24, 2.45) is 5.73 Å². The van der Waals surface area contributed by atoms with Gasteiger partial charge in [-0.25, -0.2) is 0 Å². The molecule has 2 aliphatic heterocycles. The SMILES string of the molecule is C[C@@H](O)C1NC(=O)[C@H](CCCCN)NC(=O)[C@@H](Cc2c[nH]c3ccccc23)NC(=O)C(Cc2ccccc2)NC(=O)[C@@H](NC(=O)[C@@H](Cc2ccccc2)NC(=O)[C@@H](Cc2ccccc2)NC(=O)[C@@H](Cc2ccccc2)NC(=O)CN2CCN(CC(=O)OC(C)(C)C)CCN(CC(=O)OC(C)(C)C)CCN(CC(=O)OC(C)(C)C)CC2)CSSCC(C(=O)N[C@H](CO)[C@@H](C)O)NC1=O. The summed E-state index contributed by atoms with van der Waals surface area (Å²) in [6.07, 6.45) is -1.54. The lowest BCUT2D eigenvalue weighted by atomic mass is 10.0. The number of nitrogens with two attached hydrogens (primary N) is 1. The highest BCUT2D eigenvalue weighted by molar-refractivity contribution is 8.76. The molecule has 0 spiro atoms. The second-order valence-corrected chi connectivity index (χ2v) is 38.9. The van der Waals surface area contributed by atoms with Crippen molar-refractivity contribution in [3.63, 3.8) is 0 Å². The van der Waals surface area contributed by atoms with E-state index in [-0.39, 0.29) is 142 Å². The van der Waals surface area contributed by atoms with Crippen molar-refractivity contribution in [2.45, 2.75) is 217 Å². The average molecular weight is 1870 g/mol. The van der Waals surface area contributed by atoms with E-state index in [4.69, 9.17) is 19.9 Å². The molecule has 12 atom stereocenters. The van der Waals surface area contributed by atoms with E-state index >= 15 is 33.6 Å². The Balaban J connectivity index is 1.15. The number of para-hydroxylation sites is 1. The zero-order chi connectivity index (χ0) is 96.2. The van der Waals surface area contributed by atoms with E-state index in [2.05, 4.69) is 58.2 Å². The summed E-state index contributed by atoms with van der Waals surface area (Å²) < 4.78 is 17.3. The molecule has 35 nitrogen and oxygen atoms in total. The highest BCUT2D eigenvalue weighted by Gasteiger charge is 2.40. The van der Waals surface area contributed by atoms with Gasteiger partial charge in [-0.15, -0.1) is 0 Å². The molecule has 2 saturated heterocycles. The van der Waals surface area contributed by atoms with Gasteiger partial charge in [0.25, 0.3) is 0 Å². The minimum absolute atomic E-state index is 0.0497. The predicted octanol–water partition coefficient (Wildman–Crippen LogP) is 2.05. The summed E-state index contributed by atoms with van der Waals surface area (Å²) in [6, 6.07) is 26.8. The third-order valence-corrected chi connectivity index (χ3v) is 24.0. The fraction of sp³-hybridized carbons (Fsp3) is 0.526. The molecule has 2 fully saturated rings. The molecule has 2 aliphatic rings. The first-order chi connectivity index (χ1) is 62.7. The van der Waals surface area contributed by atoms with Crippen molar-refractivity contribution in [2.75, 3.05) is 103 Å². The van der Waals surface area contributed by atoms with Gasteiger partial charge in [-0.2, -0.15) is 0 Å². The zero-order valence-corrected chi connectivity index (χ0v) is 79.0. The summed E-state index contributed by atoms with van der Waals surface area (Å²) in [7, 11) is 1.84. The quantitative estimate of drug-likeness (QED) is 0.0119. The standard InChI is InChI=1S/C95H134N16O19S2/c1-61(113)76(58-112)104-91(126)78-60-132-131-59-77(90(125)102-73(50-65-32-20-14-21-33-65)87(122)103-75(52-67-53-97-69-37-25-24-36-68(67)69)89(124)99-70(38-26-27-39-96)84(119)107-83(62(2)114)92(127)106-78)105-88(123)74(51-66-34-22-15-23-35-66)101-86(121)72(49-64-30-18-13-19-31-64)100-85(120)71(48-63-28-16-12-17-29-63)98-79(115)54-108-40-42-109(55-80(116)128-93(3,4)5)44-46-111(57-82(118)130-95(9,10)11)47-45-110(43-41-108)56-81(117)129-94(6,7)8/h12-25,28-37,53,61-62,70-78,83,97,112-114H,26-27,38-52,54-60,96H2,1-11H3,(H,98,115)(H,99,124)(H,100,120)(H,101,121)(H,102,125)(H,103,122)(H,104,126)(H,105,123)(H,106,127)(H,107,119)/t61-,62-,70+,71-,72-,73?,74-,75-,76-,77+,78?,83?/m1/s1. The van der Waals surface area contributed by atoms with E-state index in [0.29, 0.717) is 45.1 Å². The summed E-state index contributed by atoms with van der Waals surface area (Å²) in [4.78, 5) is 204. The minimum atomic E-state index is -1.78.